The average molecular weight is 1000 g/mol. The fourth-order valence-electron chi connectivity index (χ4n) is 7.24. The summed E-state index contributed by atoms with van der Waals surface area (Å²) in [4.78, 5) is 138. The molecule has 394 valence electrons. The van der Waals surface area contributed by atoms with Gasteiger partial charge in [0.15, 0.2) is 5.96 Å². The molecule has 0 radical (unpaired) electrons. The smallest absolute Gasteiger partial charge is 0.326 e. The number of guanidine groups is 1. The van der Waals surface area contributed by atoms with E-state index in [1.54, 1.807) is 58.2 Å². The van der Waals surface area contributed by atoms with Gasteiger partial charge in [0, 0.05) is 42.9 Å². The SMILES string of the molecule is CC[C@H](C)[C@H](NC(=O)[C@H](CCC(N)=O)NC(=O)CN)C(=O)N[C@H](C(=O)N[C@@H](CC(C)C)C(=O)N[C@@H](Cc1c[nH]c2ccccc12)C(=O)N[C@@H](CCC(N)=O)C(=O)N[C@@H](CCCN=C(N)N)C(=O)O)[C@@H](C)O. The van der Waals surface area contributed by atoms with Gasteiger partial charge in [-0.15, -0.1) is 0 Å². The molecule has 2 aromatic rings. The fourth-order valence-corrected chi connectivity index (χ4v) is 7.24. The Morgan fingerprint density at radius 1 is 0.648 bits per heavy atom. The van der Waals surface area contributed by atoms with Crippen LogP contribution in [0.1, 0.15) is 91.5 Å². The number of H-pyrrole nitrogens is 1. The second-order valence-electron chi connectivity index (χ2n) is 17.7. The van der Waals surface area contributed by atoms with Gasteiger partial charge in [0.1, 0.15) is 42.3 Å². The molecule has 71 heavy (non-hydrogen) atoms. The van der Waals surface area contributed by atoms with Crippen LogP contribution in [0.4, 0.5) is 0 Å². The number of carboxylic acid groups (broad SMARTS) is 1. The number of primary amides is 2. The van der Waals surface area contributed by atoms with E-state index in [0.29, 0.717) is 22.9 Å². The summed E-state index contributed by atoms with van der Waals surface area (Å²) < 4.78 is 0. The number of aromatic amines is 1. The summed E-state index contributed by atoms with van der Waals surface area (Å²) in [6.45, 7) is 7.64. The first kappa shape index (κ1) is 59.8. The number of nitrogens with one attached hydrogen (secondary N) is 8. The third-order valence-corrected chi connectivity index (χ3v) is 11.3. The van der Waals surface area contributed by atoms with Gasteiger partial charge in [-0.2, -0.15) is 0 Å². The quantitative estimate of drug-likeness (QED) is 0.0190. The van der Waals surface area contributed by atoms with E-state index >= 15 is 0 Å². The second-order valence-corrected chi connectivity index (χ2v) is 17.7. The number of benzene rings is 1. The fraction of sp³-hybridized carbons (Fsp3) is 0.578. The minimum atomic E-state index is -1.72. The number of amides is 9. The molecule has 0 spiro atoms. The summed E-state index contributed by atoms with van der Waals surface area (Å²) in [5.74, 6) is -10.4. The molecule has 26 nitrogen and oxygen atoms in total. The number of nitrogens with two attached hydrogens (primary N) is 5. The number of nitrogens with zero attached hydrogens (tertiary/aromatic N) is 1. The Morgan fingerprint density at radius 2 is 1.15 bits per heavy atom. The molecule has 0 fully saturated rings. The zero-order valence-electron chi connectivity index (χ0n) is 40.7. The molecule has 0 bridgehead atoms. The van der Waals surface area contributed by atoms with Crippen molar-refractivity contribution >= 4 is 76.0 Å². The van der Waals surface area contributed by atoms with Crippen molar-refractivity contribution in [3.8, 4) is 0 Å². The Morgan fingerprint density at radius 3 is 1.70 bits per heavy atom. The monoisotopic (exact) mass is 1000 g/mol. The molecule has 0 aliphatic rings. The van der Waals surface area contributed by atoms with Crippen molar-refractivity contribution in [3.05, 3.63) is 36.0 Å². The number of aliphatic imine (C=N–C) groups is 1. The summed E-state index contributed by atoms with van der Waals surface area (Å²) in [5, 5.41) is 38.9. The van der Waals surface area contributed by atoms with Gasteiger partial charge in [0.25, 0.3) is 0 Å². The molecule has 2 rings (SSSR count). The van der Waals surface area contributed by atoms with E-state index in [2.05, 4.69) is 47.2 Å². The van der Waals surface area contributed by atoms with Crippen LogP contribution in [-0.2, 0) is 54.4 Å². The van der Waals surface area contributed by atoms with Gasteiger partial charge >= 0.3 is 5.97 Å². The number of aliphatic hydroxyl groups is 1. The Bertz CT molecular complexity index is 2210. The van der Waals surface area contributed by atoms with Crippen LogP contribution in [0, 0.1) is 11.8 Å². The molecule has 0 saturated heterocycles. The molecule has 26 heteroatoms. The first-order valence-corrected chi connectivity index (χ1v) is 23.3. The lowest BCUT2D eigenvalue weighted by atomic mass is 9.96. The van der Waals surface area contributed by atoms with Crippen LogP contribution >= 0.6 is 0 Å². The number of aromatic nitrogens is 1. The molecular weight excluding hydrogens is 929 g/mol. The molecule has 0 saturated carbocycles. The van der Waals surface area contributed by atoms with E-state index in [1.165, 1.54) is 6.92 Å². The van der Waals surface area contributed by atoms with Gasteiger partial charge in [0.2, 0.25) is 53.2 Å². The van der Waals surface area contributed by atoms with Gasteiger partial charge in [0.05, 0.1) is 12.6 Å². The summed E-state index contributed by atoms with van der Waals surface area (Å²) in [6.07, 6.45) is -1.08. The van der Waals surface area contributed by atoms with E-state index in [-0.39, 0.29) is 63.4 Å². The Balaban J connectivity index is 2.49. The first-order chi connectivity index (χ1) is 33.4. The van der Waals surface area contributed by atoms with Crippen molar-refractivity contribution in [1.29, 1.82) is 0 Å². The minimum absolute atomic E-state index is 0.0321. The number of carbonyl (C=O) groups is 10. The van der Waals surface area contributed by atoms with Gasteiger partial charge in [-0.25, -0.2) is 4.79 Å². The van der Waals surface area contributed by atoms with Crippen molar-refractivity contribution in [2.24, 2.45) is 45.5 Å². The predicted octanol–water partition coefficient (Wildman–Crippen LogP) is -3.80. The van der Waals surface area contributed by atoms with Crippen molar-refractivity contribution in [3.63, 3.8) is 0 Å². The highest BCUT2D eigenvalue weighted by molar-refractivity contribution is 5.98. The van der Waals surface area contributed by atoms with Crippen LogP contribution in [0.3, 0.4) is 0 Å². The number of aliphatic carboxylic acids is 1. The molecular formula is C45H72N14O12. The molecule has 0 aliphatic carbocycles. The topological polar surface area (TPSA) is 454 Å². The standard InChI is InChI=1S/C45H72N14O12/c1-6-23(4)36(58-39(65)28(13-15-33(47)61)53-35(63)20-46)42(68)59-37(24(5)60)43(69)57-31(18-22(2)3)40(66)56-32(19-25-21-52-27-11-8-7-10-26(25)27)41(67)54-29(14-16-34(48)62)38(64)55-30(44(70)71)12-9-17-51-45(49)50/h7-8,10-11,21-24,28-32,36-37,52,60H,6,9,12-20,46H2,1-5H3,(H2,47,61)(H2,48,62)(H,53,63)(H,54,67)(H,55,64)(H,56,66)(H,57,69)(H,58,65)(H,59,68)(H,70,71)(H4,49,50,51)/t23-,24+,28-,29-,30-,31-,32-,36-,37-/m0/s1. The van der Waals surface area contributed by atoms with Crippen molar-refractivity contribution in [1.82, 2.24) is 42.2 Å². The number of aliphatic hydroxyl groups excluding tert-OH is 1. The first-order valence-electron chi connectivity index (χ1n) is 23.3. The lowest BCUT2D eigenvalue weighted by molar-refractivity contribution is -0.142. The maximum atomic E-state index is 14.4. The van der Waals surface area contributed by atoms with E-state index in [4.69, 9.17) is 28.7 Å². The highest BCUT2D eigenvalue weighted by Crippen LogP contribution is 2.20. The zero-order valence-corrected chi connectivity index (χ0v) is 40.7. The van der Waals surface area contributed by atoms with Crippen LogP contribution in [0.25, 0.3) is 10.9 Å². The second kappa shape index (κ2) is 29.6. The maximum absolute atomic E-state index is 14.4. The minimum Gasteiger partial charge on any atom is -0.480 e. The average Bonchev–Trinajstić information content (AvgIpc) is 3.71. The van der Waals surface area contributed by atoms with Crippen LogP contribution < -0.4 is 65.9 Å². The summed E-state index contributed by atoms with van der Waals surface area (Å²) in [5.41, 5.74) is 28.0. The van der Waals surface area contributed by atoms with Crippen LogP contribution in [-0.4, -0.2) is 142 Å². The third kappa shape index (κ3) is 20.6. The highest BCUT2D eigenvalue weighted by atomic mass is 16.4. The number of hydrogen-bond donors (Lipinski definition) is 15. The molecule has 0 unspecified atom stereocenters. The van der Waals surface area contributed by atoms with Gasteiger partial charge in [-0.1, -0.05) is 52.3 Å². The molecule has 20 N–H and O–H groups in total. The summed E-state index contributed by atoms with van der Waals surface area (Å²) in [7, 11) is 0. The van der Waals surface area contributed by atoms with Gasteiger partial charge in [-0.3, -0.25) is 48.1 Å². The van der Waals surface area contributed by atoms with E-state index in [1.807, 2.05) is 0 Å². The van der Waals surface area contributed by atoms with Crippen molar-refractivity contribution in [2.45, 2.75) is 141 Å². The van der Waals surface area contributed by atoms with Crippen molar-refractivity contribution in [2.75, 3.05) is 13.1 Å². The summed E-state index contributed by atoms with van der Waals surface area (Å²) in [6, 6.07) is -3.17. The normalized spacial score (nSPS) is 14.9. The molecule has 1 heterocycles. The molecule has 0 aliphatic heterocycles. The number of fused-ring (bicyclic) bond motifs is 1. The van der Waals surface area contributed by atoms with E-state index < -0.39 is 126 Å². The Labute approximate surface area is 410 Å². The van der Waals surface area contributed by atoms with E-state index in [9.17, 15) is 58.2 Å². The Hall–Kier alpha value is -7.35. The predicted molar refractivity (Wildman–Crippen MR) is 260 cm³/mol. The number of carboxylic acids is 1. The molecule has 1 aromatic carbocycles. The number of hydrogen-bond acceptors (Lipinski definition) is 13. The largest absolute Gasteiger partial charge is 0.480 e. The number of carbonyl (C=O) groups excluding carboxylic acids is 9. The van der Waals surface area contributed by atoms with Gasteiger partial charge < -0.3 is 81.1 Å². The lowest BCUT2D eigenvalue weighted by Gasteiger charge is -2.30. The van der Waals surface area contributed by atoms with E-state index in [0.717, 1.165) is 0 Å². The molecule has 9 amide bonds. The van der Waals surface area contributed by atoms with Crippen LogP contribution in [0.15, 0.2) is 35.5 Å². The number of para-hydroxylation sites is 1. The zero-order chi connectivity index (χ0) is 53.5. The lowest BCUT2D eigenvalue weighted by Crippen LogP contribution is -2.62. The van der Waals surface area contributed by atoms with Crippen LogP contribution in [0.5, 0.6) is 0 Å². The third-order valence-electron chi connectivity index (χ3n) is 11.3. The van der Waals surface area contributed by atoms with Gasteiger partial charge in [-0.05, 0) is 62.5 Å². The summed E-state index contributed by atoms with van der Waals surface area (Å²) >= 11 is 0. The maximum Gasteiger partial charge on any atom is 0.326 e. The van der Waals surface area contributed by atoms with Crippen LogP contribution in [0.2, 0.25) is 0 Å². The highest BCUT2D eigenvalue weighted by Gasteiger charge is 2.37. The van der Waals surface area contributed by atoms with Crippen molar-refractivity contribution < 1.29 is 58.2 Å². The Kier molecular flexibility index (Phi) is 24.9. The molecule has 1 aromatic heterocycles. The number of rotatable bonds is 32. The molecule has 9 atom stereocenters.